The molecule has 0 saturated carbocycles. The first kappa shape index (κ1) is 24.4. The quantitative estimate of drug-likeness (QED) is 0.468. The number of carbonyl (C=O) groups is 1. The minimum Gasteiger partial charge on any atom is -0.319 e. The first-order valence-electron chi connectivity index (χ1n) is 10.7. The lowest BCUT2D eigenvalue weighted by atomic mass is 10.2. The number of hydrogen-bond acceptors (Lipinski definition) is 5. The van der Waals surface area contributed by atoms with E-state index in [2.05, 4.69) is 33.9 Å². The average Bonchev–Trinajstić information content (AvgIpc) is 3.23. The largest absolute Gasteiger partial charge is 0.319 e. The highest BCUT2D eigenvalue weighted by Gasteiger charge is 2.17. The van der Waals surface area contributed by atoms with Crippen molar-refractivity contribution in [3.05, 3.63) is 71.8 Å². The van der Waals surface area contributed by atoms with E-state index in [4.69, 9.17) is 0 Å². The van der Waals surface area contributed by atoms with Crippen molar-refractivity contribution < 1.29 is 17.6 Å². The molecule has 1 amide bonds. The molecule has 8 nitrogen and oxygen atoms in total. The molecule has 176 valence electrons. The second kappa shape index (κ2) is 10.6. The minimum atomic E-state index is -4.01. The van der Waals surface area contributed by atoms with Crippen molar-refractivity contribution in [1.29, 1.82) is 0 Å². The van der Waals surface area contributed by atoms with Crippen molar-refractivity contribution in [3.8, 4) is 0 Å². The van der Waals surface area contributed by atoms with Crippen LogP contribution in [0.15, 0.2) is 59.8 Å². The van der Waals surface area contributed by atoms with Crippen LogP contribution in [0.1, 0.15) is 29.8 Å². The molecule has 3 aromatic rings. The fraction of sp³-hybridized carbons (Fsp3) is 0.304. The Labute approximate surface area is 193 Å². The SMILES string of the molecule is CCN(CC)CCn1cc(NC(=O)c2cccc(NS(=O)(=O)c3ccc(C)c(F)c3)c2)cn1. The zero-order valence-electron chi connectivity index (χ0n) is 18.9. The Kier molecular flexibility index (Phi) is 7.83. The lowest BCUT2D eigenvalue weighted by molar-refractivity contribution is 0.102. The molecule has 0 atom stereocenters. The van der Waals surface area contributed by atoms with Crippen LogP contribution in [0.25, 0.3) is 0 Å². The summed E-state index contributed by atoms with van der Waals surface area (Å²) in [6.45, 7) is 9.23. The first-order valence-corrected chi connectivity index (χ1v) is 12.2. The number of nitrogens with zero attached hydrogens (tertiary/aromatic N) is 3. The number of likely N-dealkylation sites (N-methyl/N-ethyl adjacent to an activating group) is 1. The average molecular weight is 474 g/mol. The highest BCUT2D eigenvalue weighted by Crippen LogP contribution is 2.20. The molecule has 33 heavy (non-hydrogen) atoms. The second-order valence-electron chi connectivity index (χ2n) is 7.57. The number of aryl methyl sites for hydroxylation is 1. The summed E-state index contributed by atoms with van der Waals surface area (Å²) in [5, 5.41) is 7.04. The molecule has 0 fully saturated rings. The van der Waals surface area contributed by atoms with Gasteiger partial charge in [0.25, 0.3) is 15.9 Å². The molecule has 1 heterocycles. The monoisotopic (exact) mass is 473 g/mol. The number of halogens is 1. The third-order valence-electron chi connectivity index (χ3n) is 5.26. The summed E-state index contributed by atoms with van der Waals surface area (Å²) in [4.78, 5) is 14.7. The molecule has 0 spiro atoms. The fourth-order valence-corrected chi connectivity index (χ4v) is 4.28. The van der Waals surface area contributed by atoms with E-state index in [0.29, 0.717) is 17.8 Å². The maximum absolute atomic E-state index is 13.8. The van der Waals surface area contributed by atoms with Gasteiger partial charge in [-0.3, -0.25) is 14.2 Å². The van der Waals surface area contributed by atoms with Crippen LogP contribution in [0.4, 0.5) is 15.8 Å². The molecule has 0 aliphatic carbocycles. The van der Waals surface area contributed by atoms with Crippen molar-refractivity contribution >= 4 is 27.3 Å². The van der Waals surface area contributed by atoms with Crippen molar-refractivity contribution in [2.45, 2.75) is 32.2 Å². The number of anilines is 2. The summed E-state index contributed by atoms with van der Waals surface area (Å²) >= 11 is 0. The van der Waals surface area contributed by atoms with E-state index in [1.807, 2.05) is 0 Å². The molecule has 0 bridgehead atoms. The van der Waals surface area contributed by atoms with Gasteiger partial charge >= 0.3 is 0 Å². The predicted octanol–water partition coefficient (Wildman–Crippen LogP) is 3.73. The standard InChI is InChI=1S/C23H28FN5O3S/c1-4-28(5-2)11-12-29-16-20(15-25-29)26-23(30)18-7-6-8-19(13-18)27-33(31,32)21-10-9-17(3)22(24)14-21/h6-10,13-16,27H,4-5,11-12H2,1-3H3,(H,26,30). The fourth-order valence-electron chi connectivity index (χ4n) is 3.22. The summed E-state index contributed by atoms with van der Waals surface area (Å²) in [7, 11) is -4.01. The molecule has 0 saturated heterocycles. The molecule has 10 heteroatoms. The van der Waals surface area contributed by atoms with Crippen LogP contribution in [0.3, 0.4) is 0 Å². The molecular weight excluding hydrogens is 445 g/mol. The molecule has 2 aromatic carbocycles. The third kappa shape index (κ3) is 6.39. The lowest BCUT2D eigenvalue weighted by Gasteiger charge is -2.17. The molecule has 0 radical (unpaired) electrons. The summed E-state index contributed by atoms with van der Waals surface area (Å²) in [5.41, 5.74) is 1.35. The first-order chi connectivity index (χ1) is 15.7. The van der Waals surface area contributed by atoms with Gasteiger partial charge in [-0.05, 0) is 55.9 Å². The van der Waals surface area contributed by atoms with Gasteiger partial charge in [0.1, 0.15) is 5.82 Å². The van der Waals surface area contributed by atoms with E-state index in [1.165, 1.54) is 24.3 Å². The van der Waals surface area contributed by atoms with Gasteiger partial charge in [0.05, 0.1) is 23.3 Å². The smallest absolute Gasteiger partial charge is 0.261 e. The van der Waals surface area contributed by atoms with Crippen LogP contribution < -0.4 is 10.0 Å². The minimum absolute atomic E-state index is 0.193. The Bertz CT molecular complexity index is 1220. The normalized spacial score (nSPS) is 11.5. The highest BCUT2D eigenvalue weighted by atomic mass is 32.2. The van der Waals surface area contributed by atoms with Crippen LogP contribution in [-0.2, 0) is 16.6 Å². The Morgan fingerprint density at radius 2 is 1.88 bits per heavy atom. The zero-order valence-corrected chi connectivity index (χ0v) is 19.7. The van der Waals surface area contributed by atoms with E-state index >= 15 is 0 Å². The molecule has 2 N–H and O–H groups in total. The lowest BCUT2D eigenvalue weighted by Crippen LogP contribution is -2.27. The molecule has 0 aliphatic rings. The molecule has 0 aliphatic heterocycles. The maximum atomic E-state index is 13.8. The summed E-state index contributed by atoms with van der Waals surface area (Å²) in [5.74, 6) is -1.01. The van der Waals surface area contributed by atoms with Gasteiger partial charge in [0.15, 0.2) is 0 Å². The van der Waals surface area contributed by atoms with Crippen LogP contribution in [0.2, 0.25) is 0 Å². The van der Waals surface area contributed by atoms with Gasteiger partial charge in [0, 0.05) is 24.0 Å². The Morgan fingerprint density at radius 1 is 1.12 bits per heavy atom. The number of benzene rings is 2. The topological polar surface area (TPSA) is 96.3 Å². The van der Waals surface area contributed by atoms with Crippen molar-refractivity contribution in [3.63, 3.8) is 0 Å². The number of carbonyl (C=O) groups excluding carboxylic acids is 1. The number of rotatable bonds is 10. The van der Waals surface area contributed by atoms with Crippen LogP contribution in [0.5, 0.6) is 0 Å². The highest BCUT2D eigenvalue weighted by molar-refractivity contribution is 7.92. The van der Waals surface area contributed by atoms with Gasteiger partial charge in [-0.25, -0.2) is 12.8 Å². The number of hydrogen-bond donors (Lipinski definition) is 2. The second-order valence-corrected chi connectivity index (χ2v) is 9.25. The van der Waals surface area contributed by atoms with E-state index in [0.717, 1.165) is 25.7 Å². The van der Waals surface area contributed by atoms with E-state index < -0.39 is 21.7 Å². The maximum Gasteiger partial charge on any atom is 0.261 e. The van der Waals surface area contributed by atoms with Gasteiger partial charge in [-0.2, -0.15) is 5.10 Å². The van der Waals surface area contributed by atoms with Gasteiger partial charge < -0.3 is 10.2 Å². The number of sulfonamides is 1. The summed E-state index contributed by atoms with van der Waals surface area (Å²) < 4.78 is 43.1. The number of aromatic nitrogens is 2. The van der Waals surface area contributed by atoms with Crippen molar-refractivity contribution in [1.82, 2.24) is 14.7 Å². The van der Waals surface area contributed by atoms with Crippen LogP contribution in [0, 0.1) is 12.7 Å². The van der Waals surface area contributed by atoms with Gasteiger partial charge in [0.2, 0.25) is 0 Å². The Morgan fingerprint density at radius 3 is 2.58 bits per heavy atom. The number of nitrogens with one attached hydrogen (secondary N) is 2. The third-order valence-corrected chi connectivity index (χ3v) is 6.64. The number of amides is 1. The van der Waals surface area contributed by atoms with Crippen molar-refractivity contribution in [2.24, 2.45) is 0 Å². The zero-order chi connectivity index (χ0) is 24.0. The van der Waals surface area contributed by atoms with E-state index in [9.17, 15) is 17.6 Å². The Balaban J connectivity index is 1.67. The Hall–Kier alpha value is -3.24. The van der Waals surface area contributed by atoms with Gasteiger partial charge in [-0.15, -0.1) is 0 Å². The summed E-state index contributed by atoms with van der Waals surface area (Å²) in [6, 6.07) is 9.77. The van der Waals surface area contributed by atoms with Crippen molar-refractivity contribution in [2.75, 3.05) is 29.7 Å². The van der Waals surface area contributed by atoms with Crippen LogP contribution in [-0.4, -0.2) is 48.6 Å². The molecule has 3 rings (SSSR count). The molecule has 1 aromatic heterocycles. The van der Waals surface area contributed by atoms with Gasteiger partial charge in [-0.1, -0.05) is 26.0 Å². The predicted molar refractivity (Wildman–Crippen MR) is 126 cm³/mol. The molecular formula is C23H28FN5O3S. The summed E-state index contributed by atoms with van der Waals surface area (Å²) in [6.07, 6.45) is 3.32. The molecule has 0 unspecified atom stereocenters. The van der Waals surface area contributed by atoms with Crippen LogP contribution >= 0.6 is 0 Å². The van der Waals surface area contributed by atoms with E-state index in [1.54, 1.807) is 36.1 Å². The van der Waals surface area contributed by atoms with E-state index in [-0.39, 0.29) is 16.1 Å².